The number of rotatable bonds is 11. The van der Waals surface area contributed by atoms with E-state index < -0.39 is 0 Å². The lowest BCUT2D eigenvalue weighted by molar-refractivity contribution is 1.18. The summed E-state index contributed by atoms with van der Waals surface area (Å²) < 4.78 is 4.73. The molecule has 504 valence electrons. The zero-order valence-electron chi connectivity index (χ0n) is 59.3. The number of fused-ring (bicyclic) bond motifs is 10. The number of hydrogen-bond acceptors (Lipinski definition) is 0. The van der Waals surface area contributed by atoms with Gasteiger partial charge in [-0.1, -0.05) is 364 Å². The number of hydrogen-bond donors (Lipinski definition) is 0. The molecule has 0 unspecified atom stereocenters. The van der Waals surface area contributed by atoms with Crippen molar-refractivity contribution in [1.82, 2.24) is 9.13 Å². The molecule has 19 aromatic carbocycles. The van der Waals surface area contributed by atoms with Gasteiger partial charge in [0.2, 0.25) is 0 Å². The van der Waals surface area contributed by atoms with Crippen molar-refractivity contribution in [2.75, 3.05) is 0 Å². The van der Waals surface area contributed by atoms with E-state index in [2.05, 4.69) is 434 Å². The molecule has 0 atom stereocenters. The van der Waals surface area contributed by atoms with Crippen LogP contribution in [0.4, 0.5) is 0 Å². The lowest BCUT2D eigenvalue weighted by atomic mass is 9.85. The first-order chi connectivity index (χ1) is 53.6. The lowest BCUT2D eigenvalue weighted by Crippen LogP contribution is -1.92. The fraction of sp³-hybridized carbons (Fsp3) is 0. The second kappa shape index (κ2) is 27.1. The molecular weight excluding hydrogens is 1300 g/mol. The Morgan fingerprint density at radius 2 is 0.287 bits per heavy atom. The van der Waals surface area contributed by atoms with Crippen molar-refractivity contribution < 1.29 is 0 Å². The summed E-state index contributed by atoms with van der Waals surface area (Å²) in [5.41, 5.74) is 29.4. The summed E-state index contributed by atoms with van der Waals surface area (Å²) in [6.07, 6.45) is 0. The molecule has 0 N–H and O–H groups in total. The summed E-state index contributed by atoms with van der Waals surface area (Å²) in [4.78, 5) is 0. The maximum absolute atomic E-state index is 2.37. The van der Waals surface area contributed by atoms with Gasteiger partial charge in [-0.3, -0.25) is 0 Å². The molecule has 0 saturated carbocycles. The van der Waals surface area contributed by atoms with Crippen molar-refractivity contribution in [1.29, 1.82) is 0 Å². The third kappa shape index (κ3) is 11.2. The van der Waals surface area contributed by atoms with E-state index in [0.29, 0.717) is 0 Å². The van der Waals surface area contributed by atoms with Gasteiger partial charge in [0.1, 0.15) is 0 Å². The first-order valence-electron chi connectivity index (χ1n) is 37.3. The van der Waals surface area contributed by atoms with Gasteiger partial charge in [-0.25, -0.2) is 0 Å². The Morgan fingerprint density at radius 3 is 0.565 bits per heavy atom. The van der Waals surface area contributed by atoms with E-state index in [4.69, 9.17) is 0 Å². The molecule has 0 fully saturated rings. The van der Waals surface area contributed by atoms with Crippen LogP contribution in [0.25, 0.3) is 198 Å². The Hall–Kier alpha value is -14.2. The number of para-hydroxylation sites is 4. The predicted octanol–water partition coefficient (Wildman–Crippen LogP) is 29.2. The van der Waals surface area contributed by atoms with Crippen LogP contribution in [0.2, 0.25) is 0 Å². The third-order valence-corrected chi connectivity index (χ3v) is 22.0. The molecule has 0 saturated heterocycles. The van der Waals surface area contributed by atoms with Gasteiger partial charge in [0.25, 0.3) is 0 Å². The van der Waals surface area contributed by atoms with Crippen molar-refractivity contribution in [2.24, 2.45) is 0 Å². The van der Waals surface area contributed by atoms with E-state index in [1.54, 1.807) is 0 Å². The minimum absolute atomic E-state index is 1.18. The van der Waals surface area contributed by atoms with E-state index in [1.165, 1.54) is 198 Å². The molecule has 2 aromatic heterocycles. The van der Waals surface area contributed by atoms with Gasteiger partial charge < -0.3 is 9.13 Å². The van der Waals surface area contributed by atoms with Crippen molar-refractivity contribution in [3.8, 4) is 112 Å². The summed E-state index contributed by atoms with van der Waals surface area (Å²) in [6.45, 7) is 0. The molecule has 0 aliphatic carbocycles. The summed E-state index contributed by atoms with van der Waals surface area (Å²) in [5, 5.41) is 15.2. The van der Waals surface area contributed by atoms with Crippen LogP contribution in [0.5, 0.6) is 0 Å². The molecule has 0 aliphatic rings. The Kier molecular flexibility index (Phi) is 16.0. The highest BCUT2D eigenvalue weighted by Crippen LogP contribution is 2.47. The Morgan fingerprint density at radius 1 is 0.111 bits per heavy atom. The zero-order chi connectivity index (χ0) is 71.4. The second-order valence-corrected chi connectivity index (χ2v) is 28.1. The highest BCUT2D eigenvalue weighted by molar-refractivity contribution is 6.23. The molecule has 2 heterocycles. The number of nitrogens with zero attached hydrogens (tertiary/aromatic N) is 2. The lowest BCUT2D eigenvalue weighted by Gasteiger charge is -2.18. The quantitative estimate of drug-likeness (QED) is 0.114. The van der Waals surface area contributed by atoms with Gasteiger partial charge in [-0.05, 0) is 204 Å². The van der Waals surface area contributed by atoms with Crippen molar-refractivity contribution in [3.63, 3.8) is 0 Å². The van der Waals surface area contributed by atoms with Gasteiger partial charge in [-0.15, -0.1) is 0 Å². The van der Waals surface area contributed by atoms with Crippen molar-refractivity contribution in [3.05, 3.63) is 425 Å². The summed E-state index contributed by atoms with van der Waals surface area (Å²) >= 11 is 0. The maximum atomic E-state index is 2.37. The Bertz CT molecular complexity index is 6820. The molecule has 0 radical (unpaired) electrons. The standard InChI is InChI=1S/C56H37N.C50H33N/c1-3-13-38(14-4-1)39-27-31-43(32-28-39)55-48-18-7-9-20-50(48)56(51-21-10-8-19-49(51)55)44-33-29-41(30-34-44)40-23-25-42(26-24-40)45-35-36-54-52(37-45)47-17-11-12-22-53(47)57(54)46-15-5-2-6-16-46;1-3-13-37(14-4-1)49-42-18-7-9-20-44(42)50(45-21-10-8-19-43(45)49)38-29-27-35(28-30-38)34-23-25-36(26-24-34)39-31-32-48-46(33-39)41-17-11-12-22-47(41)51(48)40-15-5-2-6-16-40/h1-37H;1-33H. The van der Waals surface area contributed by atoms with Crippen LogP contribution in [0.15, 0.2) is 425 Å². The normalized spacial score (nSPS) is 11.5. The molecule has 2 nitrogen and oxygen atoms in total. The molecule has 21 aromatic rings. The van der Waals surface area contributed by atoms with Gasteiger partial charge in [0.05, 0.1) is 22.1 Å². The van der Waals surface area contributed by atoms with Gasteiger partial charge >= 0.3 is 0 Å². The van der Waals surface area contributed by atoms with Gasteiger partial charge in [0.15, 0.2) is 0 Å². The molecule has 0 bridgehead atoms. The van der Waals surface area contributed by atoms with E-state index in [1.807, 2.05) is 0 Å². The molecule has 108 heavy (non-hydrogen) atoms. The van der Waals surface area contributed by atoms with E-state index >= 15 is 0 Å². The first-order valence-corrected chi connectivity index (χ1v) is 37.3. The van der Waals surface area contributed by atoms with E-state index in [-0.39, 0.29) is 0 Å². The molecule has 0 amide bonds. The zero-order valence-corrected chi connectivity index (χ0v) is 59.3. The third-order valence-electron chi connectivity index (χ3n) is 22.0. The average molecular weight is 1370 g/mol. The van der Waals surface area contributed by atoms with Crippen LogP contribution < -0.4 is 0 Å². The topological polar surface area (TPSA) is 9.86 Å². The van der Waals surface area contributed by atoms with Gasteiger partial charge in [-0.2, -0.15) is 0 Å². The molecular formula is C106H70N2. The fourth-order valence-corrected chi connectivity index (χ4v) is 16.9. The summed E-state index contributed by atoms with van der Waals surface area (Å²) in [5.74, 6) is 0. The number of benzene rings is 19. The van der Waals surface area contributed by atoms with Crippen LogP contribution in [-0.2, 0) is 0 Å². The molecule has 21 rings (SSSR count). The number of aromatic nitrogens is 2. The average Bonchev–Trinajstić information content (AvgIpc) is 1.57. The molecule has 0 spiro atoms. The monoisotopic (exact) mass is 1370 g/mol. The van der Waals surface area contributed by atoms with Crippen molar-refractivity contribution >= 4 is 86.7 Å². The Balaban J connectivity index is 0.000000143. The second-order valence-electron chi connectivity index (χ2n) is 28.1. The summed E-state index contributed by atoms with van der Waals surface area (Å²) in [6, 6.07) is 155. The predicted molar refractivity (Wildman–Crippen MR) is 461 cm³/mol. The minimum atomic E-state index is 1.18. The SMILES string of the molecule is c1ccc(-c2c3ccccc3c(-c3ccc(-c4ccc(-c5ccc6c(c5)c5ccccc5n6-c5ccccc5)cc4)cc3)c3ccccc23)cc1.c1ccc(-c2ccc(-c3c4ccccc4c(-c4ccc(-c5ccc(-c6ccc7c(c6)c6ccccc6n7-c6ccccc6)cc5)cc4)c4ccccc34)cc2)cc1. The van der Waals surface area contributed by atoms with E-state index in [9.17, 15) is 0 Å². The minimum Gasteiger partial charge on any atom is -0.309 e. The van der Waals surface area contributed by atoms with Crippen LogP contribution in [0.3, 0.4) is 0 Å². The van der Waals surface area contributed by atoms with Crippen LogP contribution in [0, 0.1) is 0 Å². The smallest absolute Gasteiger partial charge is 0.0541 e. The summed E-state index contributed by atoms with van der Waals surface area (Å²) in [7, 11) is 0. The molecule has 0 aliphatic heterocycles. The Labute approximate surface area is 627 Å². The highest BCUT2D eigenvalue weighted by atomic mass is 15.0. The molecule has 2 heteroatoms. The fourth-order valence-electron chi connectivity index (χ4n) is 16.9. The highest BCUT2D eigenvalue weighted by Gasteiger charge is 2.21. The maximum Gasteiger partial charge on any atom is 0.0541 e. The largest absolute Gasteiger partial charge is 0.309 e. The van der Waals surface area contributed by atoms with Crippen LogP contribution >= 0.6 is 0 Å². The van der Waals surface area contributed by atoms with Crippen LogP contribution in [0.1, 0.15) is 0 Å². The van der Waals surface area contributed by atoms with Gasteiger partial charge in [0, 0.05) is 32.9 Å². The van der Waals surface area contributed by atoms with Crippen molar-refractivity contribution in [2.45, 2.75) is 0 Å². The van der Waals surface area contributed by atoms with Crippen LogP contribution in [-0.4, -0.2) is 9.13 Å². The first kappa shape index (κ1) is 63.5. The van der Waals surface area contributed by atoms with E-state index in [0.717, 1.165) is 0 Å².